The molecule has 2 aromatic rings. The Morgan fingerprint density at radius 3 is 2.87 bits per heavy atom. The van der Waals surface area contributed by atoms with Gasteiger partial charge < -0.3 is 4.74 Å². The van der Waals surface area contributed by atoms with Crippen molar-refractivity contribution in [3.05, 3.63) is 35.1 Å². The van der Waals surface area contributed by atoms with Crippen molar-refractivity contribution in [2.75, 3.05) is 11.9 Å². The molecular formula is C13H14N6O3S. The highest BCUT2D eigenvalue weighted by atomic mass is 32.1. The van der Waals surface area contributed by atoms with E-state index in [4.69, 9.17) is 4.74 Å². The highest BCUT2D eigenvalue weighted by molar-refractivity contribution is 7.15. The van der Waals surface area contributed by atoms with Crippen LogP contribution in [-0.2, 0) is 16.0 Å². The van der Waals surface area contributed by atoms with E-state index in [9.17, 15) is 9.59 Å². The maximum atomic E-state index is 11.7. The van der Waals surface area contributed by atoms with Gasteiger partial charge >= 0.3 is 6.09 Å². The van der Waals surface area contributed by atoms with Gasteiger partial charge in [-0.05, 0) is 24.6 Å². The van der Waals surface area contributed by atoms with Crippen LogP contribution in [0.15, 0.2) is 29.6 Å². The Kier molecular flexibility index (Phi) is 6.12. The van der Waals surface area contributed by atoms with Gasteiger partial charge in [0.15, 0.2) is 0 Å². The van der Waals surface area contributed by atoms with Crippen LogP contribution in [-0.4, -0.2) is 40.0 Å². The zero-order valence-corrected chi connectivity index (χ0v) is 13.0. The molecule has 0 atom stereocenters. The lowest BCUT2D eigenvalue weighted by atomic mass is 10.3. The van der Waals surface area contributed by atoms with Gasteiger partial charge in [-0.2, -0.15) is 5.10 Å². The molecule has 2 rings (SSSR count). The molecule has 0 aromatic carbocycles. The molecule has 0 aliphatic carbocycles. The van der Waals surface area contributed by atoms with Gasteiger partial charge in [-0.3, -0.25) is 15.1 Å². The van der Waals surface area contributed by atoms with E-state index in [1.165, 1.54) is 6.21 Å². The molecule has 0 aliphatic rings. The number of hydrazone groups is 1. The highest BCUT2D eigenvalue weighted by Crippen LogP contribution is 2.15. The van der Waals surface area contributed by atoms with Crippen LogP contribution in [0.2, 0.25) is 0 Å². The number of carbonyl (C=O) groups excluding carboxylic acids is 2. The van der Waals surface area contributed by atoms with E-state index >= 15 is 0 Å². The molecule has 23 heavy (non-hydrogen) atoms. The fraction of sp³-hybridized carbons (Fsp3) is 0.231. The second kappa shape index (κ2) is 8.54. The molecule has 2 heterocycles. The number of hydrogen-bond acceptors (Lipinski definition) is 8. The average molecular weight is 334 g/mol. The summed E-state index contributed by atoms with van der Waals surface area (Å²) in [4.78, 5) is 26.8. The summed E-state index contributed by atoms with van der Waals surface area (Å²) in [5.41, 5.74) is 3.20. The standard InChI is InChI=1S/C13H14N6O3S/c1-2-22-13(21)16-12-19-18-11(23-12)7-10(20)17-15-8-9-3-5-14-6-4-9/h3-6,8H,2,7H2,1H3,(H,17,20)(H,16,19,21)/b15-8-. The van der Waals surface area contributed by atoms with Crippen molar-refractivity contribution >= 4 is 34.7 Å². The first-order chi connectivity index (χ1) is 11.2. The number of carbonyl (C=O) groups is 2. The molecule has 9 nitrogen and oxygen atoms in total. The van der Waals surface area contributed by atoms with Gasteiger partial charge in [-0.1, -0.05) is 11.3 Å². The van der Waals surface area contributed by atoms with Crippen LogP contribution in [0, 0.1) is 0 Å². The van der Waals surface area contributed by atoms with Gasteiger partial charge in [0, 0.05) is 12.4 Å². The average Bonchev–Trinajstić information content (AvgIpc) is 2.95. The molecule has 2 N–H and O–H groups in total. The van der Waals surface area contributed by atoms with E-state index < -0.39 is 6.09 Å². The van der Waals surface area contributed by atoms with Gasteiger partial charge in [0.1, 0.15) is 5.01 Å². The van der Waals surface area contributed by atoms with Crippen molar-refractivity contribution in [2.24, 2.45) is 5.10 Å². The van der Waals surface area contributed by atoms with E-state index in [0.717, 1.165) is 16.9 Å². The fourth-order valence-electron chi connectivity index (χ4n) is 1.44. The molecule has 0 spiro atoms. The van der Waals surface area contributed by atoms with Crippen LogP contribution < -0.4 is 10.7 Å². The summed E-state index contributed by atoms with van der Waals surface area (Å²) in [5.74, 6) is -0.339. The topological polar surface area (TPSA) is 118 Å². The van der Waals surface area contributed by atoms with E-state index in [0.29, 0.717) is 5.01 Å². The first kappa shape index (κ1) is 16.5. The summed E-state index contributed by atoms with van der Waals surface area (Å²) < 4.78 is 4.72. The number of nitrogens with zero attached hydrogens (tertiary/aromatic N) is 4. The fourth-order valence-corrected chi connectivity index (χ4v) is 2.16. The molecule has 0 unspecified atom stereocenters. The Labute approximate surface area is 135 Å². The summed E-state index contributed by atoms with van der Waals surface area (Å²) in [5, 5.41) is 14.5. The van der Waals surface area contributed by atoms with Crippen LogP contribution in [0.4, 0.5) is 9.93 Å². The van der Waals surface area contributed by atoms with Gasteiger partial charge in [0.25, 0.3) is 0 Å². The molecule has 0 bridgehead atoms. The van der Waals surface area contributed by atoms with Crippen LogP contribution >= 0.6 is 11.3 Å². The van der Waals surface area contributed by atoms with Crippen molar-refractivity contribution in [1.82, 2.24) is 20.6 Å². The molecule has 10 heteroatoms. The van der Waals surface area contributed by atoms with E-state index in [1.807, 2.05) is 0 Å². The van der Waals surface area contributed by atoms with E-state index in [-0.39, 0.29) is 24.1 Å². The van der Waals surface area contributed by atoms with Crippen LogP contribution in [0.1, 0.15) is 17.5 Å². The van der Waals surface area contributed by atoms with Crippen LogP contribution in [0.5, 0.6) is 0 Å². The number of hydrogen-bond donors (Lipinski definition) is 2. The number of amides is 2. The summed E-state index contributed by atoms with van der Waals surface area (Å²) in [6, 6.07) is 3.52. The van der Waals surface area contributed by atoms with Crippen molar-refractivity contribution < 1.29 is 14.3 Å². The van der Waals surface area contributed by atoms with Crippen molar-refractivity contribution in [2.45, 2.75) is 13.3 Å². The molecule has 2 aromatic heterocycles. The van der Waals surface area contributed by atoms with E-state index in [1.54, 1.807) is 31.5 Å². The monoisotopic (exact) mass is 334 g/mol. The Bertz CT molecular complexity index is 688. The quantitative estimate of drug-likeness (QED) is 0.605. The highest BCUT2D eigenvalue weighted by Gasteiger charge is 2.11. The molecule has 0 fully saturated rings. The molecule has 0 radical (unpaired) electrons. The lowest BCUT2D eigenvalue weighted by molar-refractivity contribution is -0.120. The number of aromatic nitrogens is 3. The van der Waals surface area contributed by atoms with Gasteiger partial charge in [-0.25, -0.2) is 10.2 Å². The Morgan fingerprint density at radius 2 is 2.13 bits per heavy atom. The molecule has 0 saturated heterocycles. The maximum Gasteiger partial charge on any atom is 0.413 e. The van der Waals surface area contributed by atoms with Gasteiger partial charge in [-0.15, -0.1) is 10.2 Å². The minimum absolute atomic E-state index is 0.00978. The number of nitrogens with one attached hydrogen (secondary N) is 2. The number of pyridine rings is 1. The summed E-state index contributed by atoms with van der Waals surface area (Å²) >= 11 is 1.09. The zero-order chi connectivity index (χ0) is 16.5. The largest absolute Gasteiger partial charge is 0.450 e. The molecule has 0 aliphatic heterocycles. The van der Waals surface area contributed by atoms with Crippen molar-refractivity contribution in [1.29, 1.82) is 0 Å². The molecule has 0 saturated carbocycles. The van der Waals surface area contributed by atoms with Gasteiger partial charge in [0.2, 0.25) is 11.0 Å². The second-order valence-corrected chi connectivity index (χ2v) is 5.16. The van der Waals surface area contributed by atoms with Crippen molar-refractivity contribution in [3.63, 3.8) is 0 Å². The van der Waals surface area contributed by atoms with Crippen LogP contribution in [0.25, 0.3) is 0 Å². The number of anilines is 1. The second-order valence-electron chi connectivity index (χ2n) is 4.10. The van der Waals surface area contributed by atoms with Crippen LogP contribution in [0.3, 0.4) is 0 Å². The summed E-state index contributed by atoms with van der Waals surface area (Å²) in [7, 11) is 0. The predicted molar refractivity (Wildman–Crippen MR) is 84.2 cm³/mol. The molecule has 2 amide bonds. The first-order valence-electron chi connectivity index (χ1n) is 6.65. The normalized spacial score (nSPS) is 10.5. The Morgan fingerprint density at radius 1 is 1.35 bits per heavy atom. The lowest BCUT2D eigenvalue weighted by Gasteiger charge is -1.99. The number of rotatable bonds is 6. The Balaban J connectivity index is 1.80. The zero-order valence-electron chi connectivity index (χ0n) is 12.2. The summed E-state index contributed by atoms with van der Waals surface area (Å²) in [6.45, 7) is 1.96. The van der Waals surface area contributed by atoms with Crippen molar-refractivity contribution in [3.8, 4) is 0 Å². The van der Waals surface area contributed by atoms with E-state index in [2.05, 4.69) is 31.0 Å². The first-order valence-corrected chi connectivity index (χ1v) is 7.47. The predicted octanol–water partition coefficient (Wildman–Crippen LogP) is 1.19. The maximum absolute atomic E-state index is 11.7. The third kappa shape index (κ3) is 5.79. The number of ether oxygens (including phenoxy) is 1. The lowest BCUT2D eigenvalue weighted by Crippen LogP contribution is -2.19. The Hall–Kier alpha value is -2.88. The molecule has 120 valence electrons. The smallest absolute Gasteiger partial charge is 0.413 e. The third-order valence-corrected chi connectivity index (χ3v) is 3.21. The minimum atomic E-state index is -0.610. The minimum Gasteiger partial charge on any atom is -0.450 e. The molecular weight excluding hydrogens is 320 g/mol. The summed E-state index contributed by atoms with van der Waals surface area (Å²) in [6.07, 6.45) is 4.16. The third-order valence-electron chi connectivity index (χ3n) is 2.37. The SMILES string of the molecule is CCOC(=O)Nc1nnc(CC(=O)N/N=C\c2ccncc2)s1. The van der Waals surface area contributed by atoms with Gasteiger partial charge in [0.05, 0.1) is 19.2 Å².